The van der Waals surface area contributed by atoms with Crippen molar-refractivity contribution in [2.24, 2.45) is 11.7 Å². The number of likely N-dealkylation sites (tertiary alicyclic amines) is 1. The van der Waals surface area contributed by atoms with Crippen LogP contribution in [-0.4, -0.2) is 23.5 Å². The molecule has 1 aromatic rings. The first-order valence-electron chi connectivity index (χ1n) is 6.14. The fourth-order valence-corrected chi connectivity index (χ4v) is 3.17. The molecule has 0 radical (unpaired) electrons. The Labute approximate surface area is 97.4 Å². The summed E-state index contributed by atoms with van der Waals surface area (Å²) in [4.78, 5) is 2.50. The van der Waals surface area contributed by atoms with Crippen LogP contribution < -0.4 is 5.73 Å². The lowest BCUT2D eigenvalue weighted by Gasteiger charge is -2.19. The summed E-state index contributed by atoms with van der Waals surface area (Å²) < 4.78 is 0. The second kappa shape index (κ2) is 3.31. The minimum atomic E-state index is 0.179. The highest BCUT2D eigenvalue weighted by Crippen LogP contribution is 2.47. The maximum atomic E-state index is 6.21. The van der Waals surface area contributed by atoms with Crippen LogP contribution in [0.5, 0.6) is 0 Å². The van der Waals surface area contributed by atoms with E-state index in [1.807, 2.05) is 0 Å². The van der Waals surface area contributed by atoms with E-state index in [1.165, 1.54) is 29.7 Å². The van der Waals surface area contributed by atoms with Gasteiger partial charge in [-0.05, 0) is 31.7 Å². The third kappa shape index (κ3) is 1.76. The van der Waals surface area contributed by atoms with E-state index in [4.69, 9.17) is 5.73 Å². The summed E-state index contributed by atoms with van der Waals surface area (Å²) >= 11 is 0. The number of fused-ring (bicyclic) bond motifs is 1. The van der Waals surface area contributed by atoms with E-state index in [9.17, 15) is 0 Å². The smallest absolute Gasteiger partial charge is 0.0328 e. The van der Waals surface area contributed by atoms with Crippen LogP contribution >= 0.6 is 0 Å². The van der Waals surface area contributed by atoms with Crippen molar-refractivity contribution in [1.82, 2.24) is 4.90 Å². The highest BCUT2D eigenvalue weighted by Gasteiger charge is 2.56. The lowest BCUT2D eigenvalue weighted by atomic mass is 10.1. The molecule has 0 bridgehead atoms. The van der Waals surface area contributed by atoms with Gasteiger partial charge in [0.05, 0.1) is 0 Å². The van der Waals surface area contributed by atoms with Crippen molar-refractivity contribution in [2.45, 2.75) is 32.4 Å². The molecule has 0 aromatic heterocycles. The van der Waals surface area contributed by atoms with E-state index >= 15 is 0 Å². The average molecular weight is 216 g/mol. The zero-order valence-corrected chi connectivity index (χ0v) is 10.2. The molecule has 0 spiro atoms. The second-order valence-corrected chi connectivity index (χ2v) is 5.80. The lowest BCUT2D eigenvalue weighted by Crippen LogP contribution is -2.32. The van der Waals surface area contributed by atoms with Crippen molar-refractivity contribution in [3.05, 3.63) is 34.9 Å². The monoisotopic (exact) mass is 216 g/mol. The molecule has 1 saturated heterocycles. The number of benzene rings is 1. The van der Waals surface area contributed by atoms with Crippen LogP contribution in [0, 0.1) is 19.8 Å². The van der Waals surface area contributed by atoms with Crippen molar-refractivity contribution in [3.63, 3.8) is 0 Å². The van der Waals surface area contributed by atoms with Crippen LogP contribution in [0.4, 0.5) is 0 Å². The van der Waals surface area contributed by atoms with Crippen LogP contribution in [0.1, 0.15) is 23.1 Å². The standard InChI is InChI=1S/C14H20N2/c1-10-3-11(2)5-12(4-10)7-16-8-13-6-14(13,15)9-16/h3-5,13H,6-9,15H2,1-2H3/t13-,14+/m0/s1. The van der Waals surface area contributed by atoms with Crippen LogP contribution in [-0.2, 0) is 6.54 Å². The molecule has 1 aliphatic carbocycles. The van der Waals surface area contributed by atoms with E-state index in [1.54, 1.807) is 0 Å². The molecule has 2 atom stereocenters. The minimum absolute atomic E-state index is 0.179. The molecule has 0 unspecified atom stereocenters. The third-order valence-electron chi connectivity index (χ3n) is 3.96. The number of rotatable bonds is 2. The zero-order chi connectivity index (χ0) is 11.3. The number of nitrogens with two attached hydrogens (primary N) is 1. The summed E-state index contributed by atoms with van der Waals surface area (Å²) in [5.74, 6) is 0.776. The maximum Gasteiger partial charge on any atom is 0.0328 e. The van der Waals surface area contributed by atoms with Crippen LogP contribution in [0.2, 0.25) is 0 Å². The Balaban J connectivity index is 1.70. The van der Waals surface area contributed by atoms with E-state index in [-0.39, 0.29) is 5.54 Å². The van der Waals surface area contributed by atoms with Gasteiger partial charge in [-0.2, -0.15) is 0 Å². The minimum Gasteiger partial charge on any atom is -0.324 e. The molecule has 2 N–H and O–H groups in total. The predicted octanol–water partition coefficient (Wildman–Crippen LogP) is 1.84. The van der Waals surface area contributed by atoms with E-state index in [0.717, 1.165) is 19.0 Å². The fraction of sp³-hybridized carbons (Fsp3) is 0.571. The Bertz CT molecular complexity index is 406. The lowest BCUT2D eigenvalue weighted by molar-refractivity contribution is 0.290. The molecule has 86 valence electrons. The third-order valence-corrected chi connectivity index (χ3v) is 3.96. The summed E-state index contributed by atoms with van der Waals surface area (Å²) in [6.07, 6.45) is 1.25. The Kier molecular flexibility index (Phi) is 2.13. The van der Waals surface area contributed by atoms with Crippen molar-refractivity contribution >= 4 is 0 Å². The van der Waals surface area contributed by atoms with Gasteiger partial charge in [0.2, 0.25) is 0 Å². The first-order chi connectivity index (χ1) is 7.55. The average Bonchev–Trinajstić information content (AvgIpc) is 2.63. The first kappa shape index (κ1) is 10.3. The van der Waals surface area contributed by atoms with Gasteiger partial charge in [0.1, 0.15) is 0 Å². The van der Waals surface area contributed by atoms with Crippen LogP contribution in [0.25, 0.3) is 0 Å². The van der Waals surface area contributed by atoms with Gasteiger partial charge in [-0.25, -0.2) is 0 Å². The summed E-state index contributed by atoms with van der Waals surface area (Å²) in [6, 6.07) is 6.82. The fourth-order valence-electron chi connectivity index (χ4n) is 3.17. The van der Waals surface area contributed by atoms with Gasteiger partial charge in [0, 0.05) is 25.2 Å². The molecule has 1 aromatic carbocycles. The predicted molar refractivity (Wildman–Crippen MR) is 66.2 cm³/mol. The summed E-state index contributed by atoms with van der Waals surface area (Å²) in [5, 5.41) is 0. The Morgan fingerprint density at radius 2 is 2.00 bits per heavy atom. The highest BCUT2D eigenvalue weighted by atomic mass is 15.2. The zero-order valence-electron chi connectivity index (χ0n) is 10.2. The molecule has 1 heterocycles. The molecule has 1 aliphatic heterocycles. The topological polar surface area (TPSA) is 29.3 Å². The van der Waals surface area contributed by atoms with Gasteiger partial charge in [-0.1, -0.05) is 29.3 Å². The largest absolute Gasteiger partial charge is 0.324 e. The Morgan fingerprint density at radius 1 is 1.31 bits per heavy atom. The summed E-state index contributed by atoms with van der Waals surface area (Å²) in [5.41, 5.74) is 10.6. The maximum absolute atomic E-state index is 6.21. The molecule has 1 saturated carbocycles. The van der Waals surface area contributed by atoms with E-state index in [0.29, 0.717) is 0 Å². The molecule has 0 amide bonds. The highest BCUT2D eigenvalue weighted by molar-refractivity contribution is 5.29. The first-order valence-corrected chi connectivity index (χ1v) is 6.14. The number of hydrogen-bond acceptors (Lipinski definition) is 2. The molecule has 2 aliphatic rings. The van der Waals surface area contributed by atoms with Gasteiger partial charge < -0.3 is 5.73 Å². The normalized spacial score (nSPS) is 32.8. The van der Waals surface area contributed by atoms with E-state index < -0.39 is 0 Å². The number of nitrogens with zero attached hydrogens (tertiary/aromatic N) is 1. The quantitative estimate of drug-likeness (QED) is 0.817. The number of aryl methyl sites for hydroxylation is 2. The molecular formula is C14H20N2. The van der Waals surface area contributed by atoms with Gasteiger partial charge in [0.25, 0.3) is 0 Å². The molecular weight excluding hydrogens is 196 g/mol. The van der Waals surface area contributed by atoms with Crippen LogP contribution in [0.3, 0.4) is 0 Å². The van der Waals surface area contributed by atoms with Crippen molar-refractivity contribution in [1.29, 1.82) is 0 Å². The summed E-state index contributed by atoms with van der Waals surface area (Å²) in [6.45, 7) is 7.69. The number of piperidine rings is 1. The van der Waals surface area contributed by atoms with Crippen molar-refractivity contribution < 1.29 is 0 Å². The second-order valence-electron chi connectivity index (χ2n) is 5.80. The molecule has 3 rings (SSSR count). The van der Waals surface area contributed by atoms with Crippen molar-refractivity contribution in [2.75, 3.05) is 13.1 Å². The molecule has 2 fully saturated rings. The molecule has 16 heavy (non-hydrogen) atoms. The molecule has 2 nitrogen and oxygen atoms in total. The number of hydrogen-bond donors (Lipinski definition) is 1. The summed E-state index contributed by atoms with van der Waals surface area (Å²) in [7, 11) is 0. The van der Waals surface area contributed by atoms with Gasteiger partial charge in [-0.15, -0.1) is 0 Å². The Morgan fingerprint density at radius 3 is 2.56 bits per heavy atom. The van der Waals surface area contributed by atoms with Gasteiger partial charge in [-0.3, -0.25) is 4.90 Å². The van der Waals surface area contributed by atoms with Crippen LogP contribution in [0.15, 0.2) is 18.2 Å². The SMILES string of the molecule is Cc1cc(C)cc(CN2C[C@@H]3C[C@@]3(N)C2)c1. The van der Waals surface area contributed by atoms with Gasteiger partial charge >= 0.3 is 0 Å². The van der Waals surface area contributed by atoms with Gasteiger partial charge in [0.15, 0.2) is 0 Å². The van der Waals surface area contributed by atoms with E-state index in [2.05, 4.69) is 36.9 Å². The Hall–Kier alpha value is -0.860. The van der Waals surface area contributed by atoms with Crippen molar-refractivity contribution in [3.8, 4) is 0 Å². The molecule has 2 heteroatoms.